The first-order chi connectivity index (χ1) is 11.2. The summed E-state index contributed by atoms with van der Waals surface area (Å²) >= 11 is 0. The third-order valence-electron chi connectivity index (χ3n) is 3.30. The monoisotopic (exact) mass is 332 g/mol. The Labute approximate surface area is 141 Å². The Kier molecular flexibility index (Phi) is 7.13. The van der Waals surface area contributed by atoms with E-state index < -0.39 is 0 Å². The standard InChI is InChI=1S/C17H24N4O3/c1-10(20-4)9-24-16-8-14(17(18)19)6-5-13(16)7-15(11(2)22)21-12(3)23/h5-8,10,20H,9H2,1-4H3,(H3,18,19)(H,21,23)/b15-7-. The van der Waals surface area contributed by atoms with E-state index in [2.05, 4.69) is 10.6 Å². The number of amidine groups is 1. The largest absolute Gasteiger partial charge is 0.491 e. The number of carbonyl (C=O) groups is 2. The fraction of sp³-hybridized carbons (Fsp3) is 0.353. The number of carbonyl (C=O) groups excluding carboxylic acids is 2. The molecule has 7 heteroatoms. The van der Waals surface area contributed by atoms with Crippen LogP contribution in [0.4, 0.5) is 0 Å². The molecular weight excluding hydrogens is 308 g/mol. The average Bonchev–Trinajstić information content (AvgIpc) is 2.51. The molecule has 130 valence electrons. The highest BCUT2D eigenvalue weighted by atomic mass is 16.5. The second-order valence-electron chi connectivity index (χ2n) is 5.46. The molecule has 0 fully saturated rings. The lowest BCUT2D eigenvalue weighted by molar-refractivity contribution is -0.120. The lowest BCUT2D eigenvalue weighted by atomic mass is 10.1. The van der Waals surface area contributed by atoms with Crippen LogP contribution in [0.3, 0.4) is 0 Å². The second-order valence-corrected chi connectivity index (χ2v) is 5.46. The van der Waals surface area contributed by atoms with Gasteiger partial charge in [0.15, 0.2) is 5.78 Å². The van der Waals surface area contributed by atoms with Gasteiger partial charge in [-0.25, -0.2) is 0 Å². The molecule has 0 bridgehead atoms. The van der Waals surface area contributed by atoms with Gasteiger partial charge in [0.1, 0.15) is 18.2 Å². The number of ether oxygens (including phenoxy) is 1. The van der Waals surface area contributed by atoms with E-state index in [1.807, 2.05) is 14.0 Å². The van der Waals surface area contributed by atoms with Crippen molar-refractivity contribution in [3.63, 3.8) is 0 Å². The third kappa shape index (κ3) is 5.85. The molecule has 1 aromatic carbocycles. The maximum Gasteiger partial charge on any atom is 0.221 e. The Balaban J connectivity index is 3.25. The van der Waals surface area contributed by atoms with Crippen LogP contribution in [0.2, 0.25) is 0 Å². The molecule has 0 saturated carbocycles. The Morgan fingerprint density at radius 2 is 2.04 bits per heavy atom. The number of nitrogen functional groups attached to an aromatic ring is 1. The van der Waals surface area contributed by atoms with E-state index in [0.717, 1.165) is 0 Å². The molecule has 0 aliphatic rings. The molecule has 0 heterocycles. The first-order valence-corrected chi connectivity index (χ1v) is 7.53. The van der Waals surface area contributed by atoms with Gasteiger partial charge in [-0.2, -0.15) is 0 Å². The number of hydrogen-bond donors (Lipinski definition) is 4. The molecule has 5 N–H and O–H groups in total. The normalized spacial score (nSPS) is 12.4. The van der Waals surface area contributed by atoms with Crippen LogP contribution in [0.25, 0.3) is 6.08 Å². The van der Waals surface area contributed by atoms with Gasteiger partial charge in [-0.15, -0.1) is 0 Å². The number of ketones is 1. The van der Waals surface area contributed by atoms with Crippen molar-refractivity contribution < 1.29 is 14.3 Å². The van der Waals surface area contributed by atoms with E-state index in [1.165, 1.54) is 13.8 Å². The van der Waals surface area contributed by atoms with Crippen LogP contribution >= 0.6 is 0 Å². The zero-order valence-electron chi connectivity index (χ0n) is 14.4. The summed E-state index contributed by atoms with van der Waals surface area (Å²) in [7, 11) is 1.82. The molecule has 0 aliphatic carbocycles. The van der Waals surface area contributed by atoms with Crippen molar-refractivity contribution in [1.29, 1.82) is 5.41 Å². The zero-order chi connectivity index (χ0) is 18.3. The number of likely N-dealkylation sites (N-methyl/N-ethyl adjacent to an activating group) is 1. The Morgan fingerprint density at radius 3 is 2.54 bits per heavy atom. The third-order valence-corrected chi connectivity index (χ3v) is 3.30. The van der Waals surface area contributed by atoms with E-state index in [1.54, 1.807) is 24.3 Å². The number of rotatable bonds is 8. The SMILES string of the molecule is CNC(C)COc1cc(C(=N)N)ccc1/C=C(\NC(C)=O)C(C)=O. The smallest absolute Gasteiger partial charge is 0.221 e. The Bertz CT molecular complexity index is 668. The van der Waals surface area contributed by atoms with Gasteiger partial charge in [0.05, 0.1) is 5.70 Å². The molecular formula is C17H24N4O3. The Morgan fingerprint density at radius 1 is 1.38 bits per heavy atom. The summed E-state index contributed by atoms with van der Waals surface area (Å²) in [5, 5.41) is 13.1. The van der Waals surface area contributed by atoms with Crippen molar-refractivity contribution in [2.45, 2.75) is 26.8 Å². The van der Waals surface area contributed by atoms with E-state index in [9.17, 15) is 9.59 Å². The number of hydrogen-bond acceptors (Lipinski definition) is 5. The second kappa shape index (κ2) is 8.83. The molecule has 24 heavy (non-hydrogen) atoms. The minimum absolute atomic E-state index is 0.0781. The van der Waals surface area contributed by atoms with Gasteiger partial charge < -0.3 is 21.1 Å². The van der Waals surface area contributed by atoms with Gasteiger partial charge in [-0.1, -0.05) is 12.1 Å². The van der Waals surface area contributed by atoms with Crippen LogP contribution in [0.15, 0.2) is 23.9 Å². The minimum Gasteiger partial charge on any atom is -0.491 e. The van der Waals surface area contributed by atoms with Crippen LogP contribution in [0, 0.1) is 5.41 Å². The van der Waals surface area contributed by atoms with Crippen LogP contribution in [0.1, 0.15) is 31.9 Å². The van der Waals surface area contributed by atoms with Gasteiger partial charge in [0, 0.05) is 31.0 Å². The molecule has 1 rings (SSSR count). The molecule has 0 spiro atoms. The summed E-state index contributed by atoms with van der Waals surface area (Å²) < 4.78 is 5.78. The first kappa shape index (κ1) is 19.4. The average molecular weight is 332 g/mol. The molecule has 0 saturated heterocycles. The van der Waals surface area contributed by atoms with E-state index in [4.69, 9.17) is 15.9 Å². The molecule has 1 unspecified atom stereocenters. The highest BCUT2D eigenvalue weighted by molar-refractivity contribution is 6.01. The molecule has 1 atom stereocenters. The predicted octanol–water partition coefficient (Wildman–Crippen LogP) is 1.02. The van der Waals surface area contributed by atoms with Gasteiger partial charge in [0.2, 0.25) is 5.91 Å². The van der Waals surface area contributed by atoms with E-state index >= 15 is 0 Å². The van der Waals surface area contributed by atoms with Crippen LogP contribution in [-0.4, -0.2) is 37.2 Å². The van der Waals surface area contributed by atoms with Crippen LogP contribution < -0.4 is 21.1 Å². The minimum atomic E-state index is -0.330. The van der Waals surface area contributed by atoms with Crippen molar-refractivity contribution in [3.05, 3.63) is 35.0 Å². The van der Waals surface area contributed by atoms with Crippen LogP contribution in [-0.2, 0) is 9.59 Å². The highest BCUT2D eigenvalue weighted by Crippen LogP contribution is 2.23. The fourth-order valence-electron chi connectivity index (χ4n) is 1.82. The molecule has 1 amide bonds. The summed E-state index contributed by atoms with van der Waals surface area (Å²) in [6.45, 7) is 5.06. The first-order valence-electron chi connectivity index (χ1n) is 7.53. The van der Waals surface area contributed by atoms with E-state index in [0.29, 0.717) is 23.5 Å². The highest BCUT2D eigenvalue weighted by Gasteiger charge is 2.11. The van der Waals surface area contributed by atoms with Crippen LogP contribution in [0.5, 0.6) is 5.75 Å². The number of amides is 1. The lowest BCUT2D eigenvalue weighted by Crippen LogP contribution is -2.28. The number of nitrogens with one attached hydrogen (secondary N) is 3. The fourth-order valence-corrected chi connectivity index (χ4v) is 1.82. The molecule has 0 radical (unpaired) electrons. The number of nitrogens with two attached hydrogens (primary N) is 1. The van der Waals surface area contributed by atoms with Gasteiger partial charge in [-0.05, 0) is 26.1 Å². The number of Topliss-reactive ketones (excluding diaryl/α,β-unsaturated/α-hetero) is 1. The maximum absolute atomic E-state index is 11.7. The van der Waals surface area contributed by atoms with Crippen molar-refractivity contribution in [2.24, 2.45) is 5.73 Å². The zero-order valence-corrected chi connectivity index (χ0v) is 14.4. The van der Waals surface area contributed by atoms with Gasteiger partial charge in [0.25, 0.3) is 0 Å². The van der Waals surface area contributed by atoms with Crippen molar-refractivity contribution in [2.75, 3.05) is 13.7 Å². The summed E-state index contributed by atoms with van der Waals surface area (Å²) in [6, 6.07) is 5.11. The molecule has 7 nitrogen and oxygen atoms in total. The topological polar surface area (TPSA) is 117 Å². The van der Waals surface area contributed by atoms with Gasteiger partial charge in [-0.3, -0.25) is 15.0 Å². The summed E-state index contributed by atoms with van der Waals surface area (Å²) in [6.07, 6.45) is 1.55. The summed E-state index contributed by atoms with van der Waals surface area (Å²) in [4.78, 5) is 22.9. The van der Waals surface area contributed by atoms with Crippen molar-refractivity contribution in [3.8, 4) is 5.75 Å². The summed E-state index contributed by atoms with van der Waals surface area (Å²) in [5.41, 5.74) is 6.82. The molecule has 0 aliphatic heterocycles. The summed E-state index contributed by atoms with van der Waals surface area (Å²) in [5.74, 6) is -0.196. The predicted molar refractivity (Wildman–Crippen MR) is 93.9 cm³/mol. The lowest BCUT2D eigenvalue weighted by Gasteiger charge is -2.15. The maximum atomic E-state index is 11.7. The van der Waals surface area contributed by atoms with Gasteiger partial charge >= 0.3 is 0 Å². The molecule has 1 aromatic rings. The van der Waals surface area contributed by atoms with Crippen molar-refractivity contribution in [1.82, 2.24) is 10.6 Å². The quantitative estimate of drug-likeness (QED) is 0.322. The van der Waals surface area contributed by atoms with Crippen molar-refractivity contribution >= 4 is 23.6 Å². The van der Waals surface area contributed by atoms with E-state index in [-0.39, 0.29) is 29.3 Å². The number of benzene rings is 1. The Hall–Kier alpha value is -2.67. The number of allylic oxidation sites excluding steroid dienone is 1. The molecule has 0 aromatic heterocycles.